The van der Waals surface area contributed by atoms with Gasteiger partial charge in [-0.2, -0.15) is 4.98 Å². The third-order valence-electron chi connectivity index (χ3n) is 3.03. The van der Waals surface area contributed by atoms with Gasteiger partial charge in [-0.25, -0.2) is 0 Å². The average Bonchev–Trinajstić information content (AvgIpc) is 2.99. The molecule has 106 valence electrons. The number of hydrogen-bond donors (Lipinski definition) is 1. The summed E-state index contributed by atoms with van der Waals surface area (Å²) in [5, 5.41) is 7.78. The summed E-state index contributed by atoms with van der Waals surface area (Å²) in [4.78, 5) is 4.45. The van der Waals surface area contributed by atoms with Gasteiger partial charge in [0, 0.05) is 22.8 Å². The van der Waals surface area contributed by atoms with E-state index in [2.05, 4.69) is 31.4 Å². The largest absolute Gasteiger partial charge is 0.387 e. The summed E-state index contributed by atoms with van der Waals surface area (Å²) in [5.74, 6) is 0.995. The monoisotopic (exact) mass is 363 g/mol. The number of halogens is 2. The molecule has 3 rings (SSSR count). The lowest BCUT2D eigenvalue weighted by Gasteiger charge is -2.03. The van der Waals surface area contributed by atoms with Crippen molar-refractivity contribution in [3.8, 4) is 22.8 Å². The number of para-hydroxylation sites is 1. The van der Waals surface area contributed by atoms with E-state index in [9.17, 15) is 0 Å². The molecule has 3 aromatic rings. The number of benzene rings is 2. The molecule has 1 heterocycles. The van der Waals surface area contributed by atoms with Gasteiger partial charge in [-0.15, -0.1) is 0 Å². The van der Waals surface area contributed by atoms with Crippen molar-refractivity contribution < 1.29 is 4.52 Å². The zero-order valence-corrected chi connectivity index (χ0v) is 13.4. The predicted octanol–water partition coefficient (Wildman–Crippen LogP) is 4.86. The second kappa shape index (κ2) is 5.87. The minimum atomic E-state index is 0.473. The minimum absolute atomic E-state index is 0.473. The summed E-state index contributed by atoms with van der Waals surface area (Å²) in [6, 6.07) is 13.3. The molecule has 0 amide bonds. The second-order valence-corrected chi connectivity index (χ2v) is 5.61. The molecule has 0 atom stereocenters. The number of rotatable bonds is 3. The fourth-order valence-electron chi connectivity index (χ4n) is 1.97. The lowest BCUT2D eigenvalue weighted by Crippen LogP contribution is -1.91. The standard InChI is InChI=1S/C15H11BrClN3O/c1-18-13-5-3-2-4-10(13)15-19-14(20-21-15)9-6-7-12(17)11(16)8-9/h2-8,18H,1H3. The second-order valence-electron chi connectivity index (χ2n) is 4.35. The first-order valence-electron chi connectivity index (χ1n) is 6.25. The number of hydrogen-bond acceptors (Lipinski definition) is 4. The maximum absolute atomic E-state index is 5.99. The van der Waals surface area contributed by atoms with Gasteiger partial charge in [-0.1, -0.05) is 28.9 Å². The predicted molar refractivity (Wildman–Crippen MR) is 87.4 cm³/mol. The smallest absolute Gasteiger partial charge is 0.260 e. The van der Waals surface area contributed by atoms with Crippen LogP contribution >= 0.6 is 27.5 Å². The number of nitrogens with zero attached hydrogens (tertiary/aromatic N) is 2. The molecule has 0 unspecified atom stereocenters. The molecule has 0 aliphatic carbocycles. The van der Waals surface area contributed by atoms with Gasteiger partial charge in [0.2, 0.25) is 5.82 Å². The number of nitrogens with one attached hydrogen (secondary N) is 1. The molecule has 6 heteroatoms. The van der Waals surface area contributed by atoms with Gasteiger partial charge in [0.1, 0.15) is 0 Å². The van der Waals surface area contributed by atoms with E-state index in [0.717, 1.165) is 21.3 Å². The molecule has 0 saturated heterocycles. The quantitative estimate of drug-likeness (QED) is 0.721. The summed E-state index contributed by atoms with van der Waals surface area (Å²) in [5.41, 5.74) is 2.64. The Balaban J connectivity index is 2.01. The highest BCUT2D eigenvalue weighted by Gasteiger charge is 2.13. The molecular formula is C15H11BrClN3O. The highest BCUT2D eigenvalue weighted by Crippen LogP contribution is 2.30. The molecule has 0 fully saturated rings. The van der Waals surface area contributed by atoms with Crippen LogP contribution in [-0.4, -0.2) is 17.2 Å². The Labute approximate surface area is 135 Å². The summed E-state index contributed by atoms with van der Waals surface area (Å²) in [6.45, 7) is 0. The molecule has 0 bridgehead atoms. The Bertz CT molecular complexity index is 788. The number of aromatic nitrogens is 2. The normalized spacial score (nSPS) is 10.6. The molecule has 0 radical (unpaired) electrons. The lowest BCUT2D eigenvalue weighted by atomic mass is 10.1. The molecule has 2 aromatic carbocycles. The van der Waals surface area contributed by atoms with Crippen LogP contribution in [-0.2, 0) is 0 Å². The van der Waals surface area contributed by atoms with Crippen molar-refractivity contribution in [3.05, 3.63) is 52.0 Å². The van der Waals surface area contributed by atoms with Gasteiger partial charge in [0.05, 0.1) is 10.6 Å². The van der Waals surface area contributed by atoms with Crippen LogP contribution in [0.3, 0.4) is 0 Å². The van der Waals surface area contributed by atoms with Crippen LogP contribution in [0.2, 0.25) is 5.02 Å². The minimum Gasteiger partial charge on any atom is -0.387 e. The van der Waals surface area contributed by atoms with Gasteiger partial charge in [0.15, 0.2) is 0 Å². The highest BCUT2D eigenvalue weighted by atomic mass is 79.9. The Morgan fingerprint density at radius 3 is 2.76 bits per heavy atom. The van der Waals surface area contributed by atoms with E-state index in [4.69, 9.17) is 16.1 Å². The van der Waals surface area contributed by atoms with Crippen LogP contribution in [0.1, 0.15) is 0 Å². The van der Waals surface area contributed by atoms with Crippen molar-refractivity contribution in [2.45, 2.75) is 0 Å². The zero-order valence-electron chi connectivity index (χ0n) is 11.1. The van der Waals surface area contributed by atoms with E-state index in [1.54, 1.807) is 6.07 Å². The van der Waals surface area contributed by atoms with E-state index >= 15 is 0 Å². The Hall–Kier alpha value is -1.85. The molecule has 1 N–H and O–H groups in total. The van der Waals surface area contributed by atoms with Gasteiger partial charge in [-0.05, 0) is 46.3 Å². The average molecular weight is 365 g/mol. The molecular weight excluding hydrogens is 354 g/mol. The van der Waals surface area contributed by atoms with Gasteiger partial charge in [0.25, 0.3) is 5.89 Å². The summed E-state index contributed by atoms with van der Waals surface area (Å²) in [6.07, 6.45) is 0. The van der Waals surface area contributed by atoms with E-state index < -0.39 is 0 Å². The molecule has 4 nitrogen and oxygen atoms in total. The van der Waals surface area contributed by atoms with Crippen molar-refractivity contribution in [2.75, 3.05) is 12.4 Å². The molecule has 0 aliphatic rings. The van der Waals surface area contributed by atoms with Crippen molar-refractivity contribution in [2.24, 2.45) is 0 Å². The molecule has 0 saturated carbocycles. The van der Waals surface area contributed by atoms with Crippen molar-refractivity contribution in [3.63, 3.8) is 0 Å². The SMILES string of the molecule is CNc1ccccc1-c1nc(-c2ccc(Cl)c(Br)c2)no1. The Morgan fingerprint density at radius 2 is 2.00 bits per heavy atom. The Kier molecular flexibility index (Phi) is 3.94. The van der Waals surface area contributed by atoms with Crippen LogP contribution in [0.4, 0.5) is 5.69 Å². The van der Waals surface area contributed by atoms with E-state index in [-0.39, 0.29) is 0 Å². The third-order valence-corrected chi connectivity index (χ3v) is 4.24. The summed E-state index contributed by atoms with van der Waals surface area (Å²) >= 11 is 9.38. The van der Waals surface area contributed by atoms with Crippen LogP contribution < -0.4 is 5.32 Å². The van der Waals surface area contributed by atoms with E-state index in [1.807, 2.05) is 43.4 Å². The van der Waals surface area contributed by atoms with E-state index in [1.165, 1.54) is 0 Å². The van der Waals surface area contributed by atoms with Crippen molar-refractivity contribution in [1.29, 1.82) is 0 Å². The van der Waals surface area contributed by atoms with Crippen molar-refractivity contribution in [1.82, 2.24) is 10.1 Å². The van der Waals surface area contributed by atoms with Crippen LogP contribution in [0.15, 0.2) is 51.5 Å². The summed E-state index contributed by atoms with van der Waals surface area (Å²) < 4.78 is 6.16. The first kappa shape index (κ1) is 14.1. The first-order valence-corrected chi connectivity index (χ1v) is 7.42. The fraction of sp³-hybridized carbons (Fsp3) is 0.0667. The molecule has 1 aromatic heterocycles. The van der Waals surface area contributed by atoms with E-state index in [0.29, 0.717) is 16.7 Å². The van der Waals surface area contributed by atoms with Crippen LogP contribution in [0.25, 0.3) is 22.8 Å². The molecule has 21 heavy (non-hydrogen) atoms. The topological polar surface area (TPSA) is 51.0 Å². The van der Waals surface area contributed by atoms with Gasteiger partial charge in [-0.3, -0.25) is 0 Å². The van der Waals surface area contributed by atoms with Crippen LogP contribution in [0, 0.1) is 0 Å². The van der Waals surface area contributed by atoms with Gasteiger partial charge >= 0.3 is 0 Å². The third kappa shape index (κ3) is 2.80. The first-order chi connectivity index (χ1) is 10.2. The maximum Gasteiger partial charge on any atom is 0.260 e. The lowest BCUT2D eigenvalue weighted by molar-refractivity contribution is 0.432. The van der Waals surface area contributed by atoms with Gasteiger partial charge < -0.3 is 9.84 Å². The molecule has 0 aliphatic heterocycles. The summed E-state index contributed by atoms with van der Waals surface area (Å²) in [7, 11) is 1.85. The molecule has 0 spiro atoms. The van der Waals surface area contributed by atoms with Crippen molar-refractivity contribution >= 4 is 33.2 Å². The van der Waals surface area contributed by atoms with Crippen LogP contribution in [0.5, 0.6) is 0 Å². The fourth-order valence-corrected chi connectivity index (χ4v) is 2.47. The highest BCUT2D eigenvalue weighted by molar-refractivity contribution is 9.10. The Morgan fingerprint density at radius 1 is 1.19 bits per heavy atom. The maximum atomic E-state index is 5.99. The number of anilines is 1. The zero-order chi connectivity index (χ0) is 14.8.